The van der Waals surface area contributed by atoms with Crippen molar-refractivity contribution < 1.29 is 23.1 Å². The lowest BCUT2D eigenvalue weighted by Crippen LogP contribution is -2.54. The summed E-state index contributed by atoms with van der Waals surface area (Å²) in [7, 11) is -3.10. The van der Waals surface area contributed by atoms with Crippen LogP contribution in [0.25, 0.3) is 0 Å². The second-order valence-electron chi connectivity index (χ2n) is 4.81. The highest BCUT2D eigenvalue weighted by molar-refractivity contribution is 7.90. The Bertz CT molecular complexity index is 649. The molecule has 0 atom stereocenters. The maximum atomic E-state index is 11.7. The van der Waals surface area contributed by atoms with E-state index in [-0.39, 0.29) is 30.1 Å². The molecule has 21 heavy (non-hydrogen) atoms. The summed E-state index contributed by atoms with van der Waals surface area (Å²) in [6.07, 6.45) is 2.41. The van der Waals surface area contributed by atoms with Crippen LogP contribution in [-0.4, -0.2) is 77.1 Å². The Labute approximate surface area is 120 Å². The van der Waals surface area contributed by atoms with Crippen molar-refractivity contribution in [1.29, 1.82) is 0 Å². The van der Waals surface area contributed by atoms with E-state index in [1.807, 2.05) is 0 Å². The molecule has 2 N–H and O–H groups in total. The van der Waals surface area contributed by atoms with Crippen LogP contribution < -0.4 is 5.32 Å². The highest BCUT2D eigenvalue weighted by Crippen LogP contribution is 2.20. The van der Waals surface area contributed by atoms with Crippen LogP contribution in [0, 0.1) is 0 Å². The van der Waals surface area contributed by atoms with Gasteiger partial charge in [-0.25, -0.2) is 22.7 Å². The molecule has 0 aliphatic carbocycles. The van der Waals surface area contributed by atoms with Crippen molar-refractivity contribution in [3.63, 3.8) is 0 Å². The molecule has 2 rings (SSSR count). The average molecular weight is 317 g/mol. The topological polar surface area (TPSA) is 134 Å². The van der Waals surface area contributed by atoms with Crippen molar-refractivity contribution in [3.8, 4) is 0 Å². The third-order valence-corrected chi connectivity index (χ3v) is 3.95. The minimum absolute atomic E-state index is 0.0608. The number of carboxylic acids is 1. The lowest BCUT2D eigenvalue weighted by molar-refractivity contribution is 0.0690. The fourth-order valence-corrected chi connectivity index (χ4v) is 2.27. The van der Waals surface area contributed by atoms with E-state index in [0.29, 0.717) is 13.1 Å². The fraction of sp³-hybridized carbons (Fsp3) is 0.600. The number of hydrogen-bond acceptors (Lipinski definition) is 6. The van der Waals surface area contributed by atoms with E-state index in [1.165, 1.54) is 15.8 Å². The number of amides is 2. The Balaban J connectivity index is 1.77. The van der Waals surface area contributed by atoms with Crippen LogP contribution >= 0.6 is 0 Å². The molecule has 2 amide bonds. The molecule has 1 aliphatic rings. The van der Waals surface area contributed by atoms with Crippen molar-refractivity contribution in [3.05, 3.63) is 11.9 Å². The first-order chi connectivity index (χ1) is 9.76. The predicted molar refractivity (Wildman–Crippen MR) is 70.7 cm³/mol. The quantitative estimate of drug-likeness (QED) is 0.681. The number of likely N-dealkylation sites (tertiary alicyclic amines) is 1. The molecule has 10 nitrogen and oxygen atoms in total. The van der Waals surface area contributed by atoms with Gasteiger partial charge in [0.1, 0.15) is 9.84 Å². The maximum absolute atomic E-state index is 11.7. The molecule has 1 fully saturated rings. The summed E-state index contributed by atoms with van der Waals surface area (Å²) < 4.78 is 23.3. The number of urea groups is 1. The first-order valence-corrected chi connectivity index (χ1v) is 8.18. The third-order valence-electron chi connectivity index (χ3n) is 3.00. The summed E-state index contributed by atoms with van der Waals surface area (Å²) in [6, 6.07) is -0.472. The van der Waals surface area contributed by atoms with E-state index in [2.05, 4.69) is 15.6 Å². The Morgan fingerprint density at radius 1 is 1.48 bits per heavy atom. The Morgan fingerprint density at radius 2 is 2.14 bits per heavy atom. The minimum atomic E-state index is -3.10. The molecule has 1 aromatic rings. The Morgan fingerprint density at radius 3 is 2.67 bits per heavy atom. The third kappa shape index (κ3) is 3.90. The largest absolute Gasteiger partial charge is 0.476 e. The van der Waals surface area contributed by atoms with E-state index in [4.69, 9.17) is 5.11 Å². The summed E-state index contributed by atoms with van der Waals surface area (Å²) in [6.45, 7) is 0.797. The van der Waals surface area contributed by atoms with Crippen molar-refractivity contribution in [1.82, 2.24) is 25.2 Å². The molecule has 1 saturated heterocycles. The second-order valence-corrected chi connectivity index (χ2v) is 7.07. The molecule has 1 aliphatic heterocycles. The predicted octanol–water partition coefficient (Wildman–Crippen LogP) is -1.41. The number of sulfone groups is 1. The van der Waals surface area contributed by atoms with Crippen molar-refractivity contribution >= 4 is 21.8 Å². The summed E-state index contributed by atoms with van der Waals surface area (Å²) in [5.41, 5.74) is -0.147. The van der Waals surface area contributed by atoms with Gasteiger partial charge >= 0.3 is 12.0 Å². The van der Waals surface area contributed by atoms with Gasteiger partial charge in [0, 0.05) is 25.9 Å². The van der Waals surface area contributed by atoms with E-state index < -0.39 is 15.8 Å². The van der Waals surface area contributed by atoms with Gasteiger partial charge in [-0.15, -0.1) is 5.10 Å². The molecule has 11 heteroatoms. The lowest BCUT2D eigenvalue weighted by Gasteiger charge is -2.38. The molecule has 0 unspecified atom stereocenters. The fourth-order valence-electron chi connectivity index (χ4n) is 1.80. The molecule has 0 radical (unpaired) electrons. The van der Waals surface area contributed by atoms with Gasteiger partial charge in [-0.2, -0.15) is 0 Å². The Hall–Kier alpha value is -2.17. The molecular formula is C10H15N5O5S. The Kier molecular flexibility index (Phi) is 4.11. The molecule has 2 heterocycles. The summed E-state index contributed by atoms with van der Waals surface area (Å²) in [4.78, 5) is 23.8. The van der Waals surface area contributed by atoms with Crippen LogP contribution in [0.2, 0.25) is 0 Å². The highest BCUT2D eigenvalue weighted by Gasteiger charge is 2.33. The van der Waals surface area contributed by atoms with Crippen molar-refractivity contribution in [2.45, 2.75) is 6.04 Å². The smallest absolute Gasteiger partial charge is 0.358 e. The number of aromatic nitrogens is 3. The molecular weight excluding hydrogens is 302 g/mol. The number of carbonyl (C=O) groups excluding carboxylic acids is 1. The SMILES string of the molecule is CS(=O)(=O)CCNC(=O)N1CC(n2cc(C(=O)O)nn2)C1. The molecule has 116 valence electrons. The molecule has 1 aromatic heterocycles. The van der Waals surface area contributed by atoms with Crippen LogP contribution in [0.3, 0.4) is 0 Å². The molecule has 0 bridgehead atoms. The number of aromatic carboxylic acids is 1. The monoisotopic (exact) mass is 317 g/mol. The summed E-state index contributed by atoms with van der Waals surface area (Å²) in [5, 5.41) is 18.4. The van der Waals surface area contributed by atoms with Gasteiger partial charge in [0.2, 0.25) is 0 Å². The minimum Gasteiger partial charge on any atom is -0.476 e. The van der Waals surface area contributed by atoms with Crippen LogP contribution in [0.4, 0.5) is 4.79 Å². The van der Waals surface area contributed by atoms with Crippen molar-refractivity contribution in [2.24, 2.45) is 0 Å². The molecule has 0 aromatic carbocycles. The zero-order chi connectivity index (χ0) is 15.6. The molecule has 0 spiro atoms. The number of carboxylic acid groups (broad SMARTS) is 1. The summed E-state index contributed by atoms with van der Waals surface area (Å²) >= 11 is 0. The summed E-state index contributed by atoms with van der Waals surface area (Å²) in [5.74, 6) is -1.27. The zero-order valence-corrected chi connectivity index (χ0v) is 12.1. The lowest BCUT2D eigenvalue weighted by atomic mass is 10.1. The maximum Gasteiger partial charge on any atom is 0.358 e. The van der Waals surface area contributed by atoms with E-state index in [0.717, 1.165) is 6.26 Å². The van der Waals surface area contributed by atoms with Crippen LogP contribution in [-0.2, 0) is 9.84 Å². The van der Waals surface area contributed by atoms with E-state index in [9.17, 15) is 18.0 Å². The standard InChI is InChI=1S/C10H15N5O5S/c1-21(19,20)3-2-11-10(18)14-4-7(5-14)15-6-8(9(16)17)12-13-15/h6-7H,2-5H2,1H3,(H,11,18)(H,16,17). The number of hydrogen-bond donors (Lipinski definition) is 2. The average Bonchev–Trinajstić information content (AvgIpc) is 2.74. The van der Waals surface area contributed by atoms with Crippen molar-refractivity contribution in [2.75, 3.05) is 31.6 Å². The van der Waals surface area contributed by atoms with Gasteiger partial charge in [-0.05, 0) is 0 Å². The van der Waals surface area contributed by atoms with Crippen LogP contribution in [0.1, 0.15) is 16.5 Å². The first kappa shape index (κ1) is 15.2. The van der Waals surface area contributed by atoms with Gasteiger partial charge in [-0.3, -0.25) is 0 Å². The van der Waals surface area contributed by atoms with E-state index in [1.54, 1.807) is 0 Å². The van der Waals surface area contributed by atoms with Crippen LogP contribution in [0.15, 0.2) is 6.20 Å². The normalized spacial score (nSPS) is 15.6. The number of nitrogens with one attached hydrogen (secondary N) is 1. The van der Waals surface area contributed by atoms with E-state index >= 15 is 0 Å². The van der Waals surface area contributed by atoms with Gasteiger partial charge in [0.25, 0.3) is 0 Å². The van der Waals surface area contributed by atoms with Gasteiger partial charge in [-0.1, -0.05) is 5.21 Å². The second kappa shape index (κ2) is 5.68. The van der Waals surface area contributed by atoms with Gasteiger partial charge in [0.15, 0.2) is 5.69 Å². The first-order valence-electron chi connectivity index (χ1n) is 6.12. The van der Waals surface area contributed by atoms with Gasteiger partial charge < -0.3 is 15.3 Å². The van der Waals surface area contributed by atoms with Gasteiger partial charge in [0.05, 0.1) is 18.0 Å². The highest BCUT2D eigenvalue weighted by atomic mass is 32.2. The zero-order valence-electron chi connectivity index (χ0n) is 11.3. The number of nitrogens with zero attached hydrogens (tertiary/aromatic N) is 4. The number of rotatable bonds is 5. The molecule has 0 saturated carbocycles. The number of carbonyl (C=O) groups is 2. The van der Waals surface area contributed by atoms with Crippen LogP contribution in [0.5, 0.6) is 0 Å².